The number of aliphatic hydroxyl groups is 1. The summed E-state index contributed by atoms with van der Waals surface area (Å²) in [6.45, 7) is 0. The number of carbonyl (C=O) groups excluding carboxylic acids is 1. The predicted octanol–water partition coefficient (Wildman–Crippen LogP) is 2.03. The highest BCUT2D eigenvalue weighted by Crippen LogP contribution is 2.16. The second-order valence-electron chi connectivity index (χ2n) is 4.38. The average Bonchev–Trinajstić information content (AvgIpc) is 3.19. The van der Waals surface area contributed by atoms with Gasteiger partial charge in [-0.3, -0.25) is 14.9 Å². The van der Waals surface area contributed by atoms with Gasteiger partial charge in [0.2, 0.25) is 11.6 Å². The first-order valence-corrected chi connectivity index (χ1v) is 7.25. The SMILES string of the molecule is O=C(C=C(O)c1nc[nH]n1)c1csc(Cc2ccncc2)n1. The van der Waals surface area contributed by atoms with E-state index in [9.17, 15) is 9.90 Å². The molecule has 0 fully saturated rings. The Bertz CT molecular complexity index is 796. The minimum absolute atomic E-state index is 0.0700. The van der Waals surface area contributed by atoms with E-state index in [4.69, 9.17) is 0 Å². The molecule has 2 N–H and O–H groups in total. The van der Waals surface area contributed by atoms with Crippen molar-refractivity contribution in [3.63, 3.8) is 0 Å². The number of pyridine rings is 1. The van der Waals surface area contributed by atoms with Crippen LogP contribution in [0, 0.1) is 0 Å². The Labute approximate surface area is 129 Å². The molecule has 22 heavy (non-hydrogen) atoms. The first kappa shape index (κ1) is 14.1. The third-order valence-electron chi connectivity index (χ3n) is 2.82. The molecule has 3 heterocycles. The highest BCUT2D eigenvalue weighted by atomic mass is 32.1. The van der Waals surface area contributed by atoms with Gasteiger partial charge >= 0.3 is 0 Å². The molecule has 0 saturated heterocycles. The summed E-state index contributed by atoms with van der Waals surface area (Å²) < 4.78 is 0. The van der Waals surface area contributed by atoms with Gasteiger partial charge in [-0.05, 0) is 17.7 Å². The number of nitrogens with one attached hydrogen (secondary N) is 1. The Morgan fingerprint density at radius 3 is 2.91 bits per heavy atom. The molecule has 0 aliphatic rings. The first-order chi connectivity index (χ1) is 10.7. The van der Waals surface area contributed by atoms with Crippen LogP contribution in [0.5, 0.6) is 0 Å². The van der Waals surface area contributed by atoms with Crippen molar-refractivity contribution in [2.45, 2.75) is 6.42 Å². The van der Waals surface area contributed by atoms with E-state index in [0.29, 0.717) is 6.42 Å². The van der Waals surface area contributed by atoms with Gasteiger partial charge in [-0.2, -0.15) is 5.10 Å². The minimum atomic E-state index is -0.389. The van der Waals surface area contributed by atoms with Crippen molar-refractivity contribution >= 4 is 22.9 Å². The lowest BCUT2D eigenvalue weighted by molar-refractivity contribution is 0.104. The Hall–Kier alpha value is -2.87. The lowest BCUT2D eigenvalue weighted by Crippen LogP contribution is -1.99. The summed E-state index contributed by atoms with van der Waals surface area (Å²) in [5.74, 6) is -0.616. The average molecular weight is 313 g/mol. The summed E-state index contributed by atoms with van der Waals surface area (Å²) in [5.41, 5.74) is 1.36. The van der Waals surface area contributed by atoms with Gasteiger partial charge in [-0.15, -0.1) is 11.3 Å². The Kier molecular flexibility index (Phi) is 4.01. The molecule has 3 rings (SSSR count). The van der Waals surface area contributed by atoms with E-state index in [1.165, 1.54) is 17.7 Å². The van der Waals surface area contributed by atoms with Crippen LogP contribution >= 0.6 is 11.3 Å². The number of ketones is 1. The molecule has 0 aromatic carbocycles. The van der Waals surface area contributed by atoms with Crippen LogP contribution in [-0.4, -0.2) is 36.0 Å². The molecule has 7 nitrogen and oxygen atoms in total. The molecule has 0 atom stereocenters. The quantitative estimate of drug-likeness (QED) is 0.424. The van der Waals surface area contributed by atoms with Crippen molar-refractivity contribution in [2.24, 2.45) is 0 Å². The number of aromatic amines is 1. The zero-order chi connectivity index (χ0) is 15.4. The maximum absolute atomic E-state index is 12.0. The highest BCUT2D eigenvalue weighted by Gasteiger charge is 2.12. The Balaban J connectivity index is 1.73. The number of hydrogen-bond donors (Lipinski definition) is 2. The van der Waals surface area contributed by atoms with Gasteiger partial charge in [0.25, 0.3) is 0 Å². The predicted molar refractivity (Wildman–Crippen MR) is 80.5 cm³/mol. The van der Waals surface area contributed by atoms with Crippen LogP contribution in [0.15, 0.2) is 42.3 Å². The summed E-state index contributed by atoms with van der Waals surface area (Å²) in [4.78, 5) is 24.1. The summed E-state index contributed by atoms with van der Waals surface area (Å²) in [6, 6.07) is 3.80. The van der Waals surface area contributed by atoms with Crippen molar-refractivity contribution in [1.29, 1.82) is 0 Å². The molecule has 0 unspecified atom stereocenters. The van der Waals surface area contributed by atoms with E-state index in [-0.39, 0.29) is 23.1 Å². The monoisotopic (exact) mass is 313 g/mol. The zero-order valence-electron chi connectivity index (χ0n) is 11.3. The smallest absolute Gasteiger partial charge is 0.215 e. The first-order valence-electron chi connectivity index (χ1n) is 6.37. The fraction of sp³-hybridized carbons (Fsp3) is 0.0714. The van der Waals surface area contributed by atoms with Crippen LogP contribution < -0.4 is 0 Å². The van der Waals surface area contributed by atoms with Crippen molar-refractivity contribution in [3.05, 3.63) is 64.4 Å². The Morgan fingerprint density at radius 1 is 1.36 bits per heavy atom. The largest absolute Gasteiger partial charge is 0.504 e. The van der Waals surface area contributed by atoms with E-state index < -0.39 is 0 Å². The lowest BCUT2D eigenvalue weighted by atomic mass is 10.2. The second kappa shape index (κ2) is 6.27. The van der Waals surface area contributed by atoms with Crippen molar-refractivity contribution < 1.29 is 9.90 Å². The topological polar surface area (TPSA) is 105 Å². The number of thiazole rings is 1. The molecule has 0 radical (unpaired) electrons. The number of rotatable bonds is 5. The lowest BCUT2D eigenvalue weighted by Gasteiger charge is -1.96. The van der Waals surface area contributed by atoms with E-state index in [2.05, 4.69) is 25.1 Å². The third kappa shape index (κ3) is 3.23. The van der Waals surface area contributed by atoms with Gasteiger partial charge in [-0.1, -0.05) is 0 Å². The maximum atomic E-state index is 12.0. The zero-order valence-corrected chi connectivity index (χ0v) is 12.1. The van der Waals surface area contributed by atoms with Crippen molar-refractivity contribution in [1.82, 2.24) is 25.1 Å². The van der Waals surface area contributed by atoms with Crippen molar-refractivity contribution in [2.75, 3.05) is 0 Å². The number of nitrogens with zero attached hydrogens (tertiary/aromatic N) is 4. The fourth-order valence-electron chi connectivity index (χ4n) is 1.78. The normalized spacial score (nSPS) is 11.5. The summed E-state index contributed by atoms with van der Waals surface area (Å²) in [7, 11) is 0. The molecular weight excluding hydrogens is 302 g/mol. The van der Waals surface area contributed by atoms with Gasteiger partial charge in [0.1, 0.15) is 12.0 Å². The standard InChI is InChI=1S/C14H11N5O2S/c20-11(6-12(21)14-16-8-17-19-14)10-7-22-13(18-10)5-9-1-3-15-4-2-9/h1-4,6-8,21H,5H2,(H,16,17,19). The van der Waals surface area contributed by atoms with Gasteiger partial charge in [0.05, 0.1) is 5.01 Å². The molecule has 8 heteroatoms. The van der Waals surface area contributed by atoms with Gasteiger partial charge in [0, 0.05) is 30.3 Å². The van der Waals surface area contributed by atoms with Crippen LogP contribution in [0.1, 0.15) is 26.9 Å². The number of aromatic nitrogens is 5. The van der Waals surface area contributed by atoms with E-state index in [0.717, 1.165) is 16.6 Å². The number of H-pyrrole nitrogens is 1. The second-order valence-corrected chi connectivity index (χ2v) is 5.32. The number of hydrogen-bond acceptors (Lipinski definition) is 7. The number of aliphatic hydroxyl groups excluding tert-OH is 1. The van der Waals surface area contributed by atoms with Crippen LogP contribution in [0.4, 0.5) is 0 Å². The molecular formula is C14H11N5O2S. The van der Waals surface area contributed by atoms with E-state index in [1.54, 1.807) is 17.8 Å². The highest BCUT2D eigenvalue weighted by molar-refractivity contribution is 7.09. The van der Waals surface area contributed by atoms with E-state index >= 15 is 0 Å². The van der Waals surface area contributed by atoms with Crippen LogP contribution in [0.3, 0.4) is 0 Å². The molecule has 0 spiro atoms. The summed E-state index contributed by atoms with van der Waals surface area (Å²) >= 11 is 1.40. The molecule has 0 aliphatic heterocycles. The molecule has 0 amide bonds. The Morgan fingerprint density at radius 2 is 2.18 bits per heavy atom. The van der Waals surface area contributed by atoms with Gasteiger partial charge in [-0.25, -0.2) is 9.97 Å². The summed E-state index contributed by atoms with van der Waals surface area (Å²) in [6.07, 6.45) is 6.45. The number of allylic oxidation sites excluding steroid dienone is 1. The van der Waals surface area contributed by atoms with Crippen LogP contribution in [-0.2, 0) is 6.42 Å². The summed E-state index contributed by atoms with van der Waals surface area (Å²) in [5, 5.41) is 18.4. The fourth-order valence-corrected chi connectivity index (χ4v) is 2.59. The van der Waals surface area contributed by atoms with Gasteiger partial charge < -0.3 is 5.11 Å². The van der Waals surface area contributed by atoms with E-state index in [1.807, 2.05) is 12.1 Å². The molecule has 3 aromatic rings. The van der Waals surface area contributed by atoms with Crippen LogP contribution in [0.2, 0.25) is 0 Å². The third-order valence-corrected chi connectivity index (χ3v) is 3.67. The minimum Gasteiger partial charge on any atom is -0.504 e. The molecule has 0 aliphatic carbocycles. The van der Waals surface area contributed by atoms with Crippen LogP contribution in [0.25, 0.3) is 5.76 Å². The van der Waals surface area contributed by atoms with Gasteiger partial charge in [0.15, 0.2) is 5.76 Å². The number of carbonyl (C=O) groups is 1. The maximum Gasteiger partial charge on any atom is 0.215 e. The van der Waals surface area contributed by atoms with Crippen molar-refractivity contribution in [3.8, 4) is 0 Å². The molecule has 3 aromatic heterocycles. The molecule has 110 valence electrons. The molecule has 0 saturated carbocycles. The molecule has 0 bridgehead atoms.